The second-order valence-corrected chi connectivity index (χ2v) is 5.24. The molecule has 5 heteroatoms. The number of aryl methyl sites for hydroxylation is 1. The molecule has 0 aliphatic carbocycles. The molecule has 1 aromatic heterocycles. The summed E-state index contributed by atoms with van der Waals surface area (Å²) in [7, 11) is 0. The Bertz CT molecular complexity index is 861. The lowest BCUT2D eigenvalue weighted by Gasteiger charge is -2.09. The lowest BCUT2D eigenvalue weighted by atomic mass is 9.97. The molecule has 3 aromatic rings. The first-order valence-corrected chi connectivity index (χ1v) is 6.86. The Kier molecular flexibility index (Phi) is 3.35. The van der Waals surface area contributed by atoms with Crippen LogP contribution in [0.3, 0.4) is 0 Å². The molecule has 0 saturated carbocycles. The van der Waals surface area contributed by atoms with E-state index in [-0.39, 0.29) is 11.1 Å². The Morgan fingerprint density at radius 3 is 2.76 bits per heavy atom. The Labute approximate surface area is 127 Å². The second kappa shape index (κ2) is 5.18. The lowest BCUT2D eigenvalue weighted by Crippen LogP contribution is -1.95. The van der Waals surface area contributed by atoms with Gasteiger partial charge in [-0.15, -0.1) is 12.6 Å². The van der Waals surface area contributed by atoms with Crippen LogP contribution >= 0.6 is 12.6 Å². The number of hydrogen-bond acceptors (Lipinski definition) is 4. The monoisotopic (exact) mass is 295 g/mol. The number of nitrogens with two attached hydrogens (primary N) is 1. The fraction of sp³-hybridized carbons (Fsp3) is 0.0625. The summed E-state index contributed by atoms with van der Waals surface area (Å²) in [5.74, 6) is 0.258. The van der Waals surface area contributed by atoms with Gasteiger partial charge in [0, 0.05) is 17.1 Å². The quantitative estimate of drug-likeness (QED) is 0.712. The van der Waals surface area contributed by atoms with E-state index in [1.54, 1.807) is 12.3 Å². The molecule has 0 atom stereocenters. The highest BCUT2D eigenvalue weighted by Gasteiger charge is 2.08. The van der Waals surface area contributed by atoms with E-state index in [9.17, 15) is 4.79 Å². The largest absolute Gasteiger partial charge is 0.368 e. The fourth-order valence-corrected chi connectivity index (χ4v) is 2.42. The normalized spacial score (nSPS) is 10.8. The van der Waals surface area contributed by atoms with Crippen LogP contribution in [0.25, 0.3) is 22.0 Å². The van der Waals surface area contributed by atoms with Gasteiger partial charge in [0.15, 0.2) is 0 Å². The number of carbonyl (C=O) groups is 1. The van der Waals surface area contributed by atoms with Crippen LogP contribution in [0, 0.1) is 6.92 Å². The summed E-state index contributed by atoms with van der Waals surface area (Å²) < 4.78 is 0. The first kappa shape index (κ1) is 13.6. The van der Waals surface area contributed by atoms with Crippen LogP contribution < -0.4 is 5.73 Å². The summed E-state index contributed by atoms with van der Waals surface area (Å²) >= 11 is 3.88. The summed E-state index contributed by atoms with van der Waals surface area (Å²) in [6.45, 7) is 2.01. The number of fused-ring (bicyclic) bond motifs is 1. The van der Waals surface area contributed by atoms with Crippen LogP contribution in [0.4, 0.5) is 5.95 Å². The SMILES string of the molecule is Cc1ccc(C(=O)S)cc1-c1ccc2nc(N)ncc2c1. The average molecular weight is 295 g/mol. The number of nitrogens with zero attached hydrogens (tertiary/aromatic N) is 2. The molecular formula is C16H13N3OS. The summed E-state index contributed by atoms with van der Waals surface area (Å²) in [5.41, 5.74) is 10.0. The number of carbonyl (C=O) groups excluding carboxylic acids is 1. The van der Waals surface area contributed by atoms with Crippen molar-refractivity contribution in [2.24, 2.45) is 0 Å². The Morgan fingerprint density at radius 1 is 1.19 bits per heavy atom. The third-order valence-corrected chi connectivity index (χ3v) is 3.65. The minimum Gasteiger partial charge on any atom is -0.368 e. The summed E-state index contributed by atoms with van der Waals surface area (Å²) in [4.78, 5) is 19.6. The smallest absolute Gasteiger partial charge is 0.220 e. The molecule has 0 fully saturated rings. The fourth-order valence-electron chi connectivity index (χ4n) is 2.28. The average Bonchev–Trinajstić information content (AvgIpc) is 2.47. The number of nitrogen functional groups attached to an aromatic ring is 1. The molecule has 4 nitrogen and oxygen atoms in total. The molecule has 0 saturated heterocycles. The molecule has 3 rings (SSSR count). The molecule has 0 amide bonds. The first-order chi connectivity index (χ1) is 10.0. The minimum atomic E-state index is -0.242. The molecule has 1 heterocycles. The third kappa shape index (κ3) is 2.60. The molecule has 2 N–H and O–H groups in total. The molecule has 0 spiro atoms. The molecule has 0 aliphatic heterocycles. The molecule has 0 bridgehead atoms. The highest BCUT2D eigenvalue weighted by Crippen LogP contribution is 2.27. The number of thiol groups is 1. The molecule has 104 valence electrons. The van der Waals surface area contributed by atoms with Gasteiger partial charge < -0.3 is 5.73 Å². The van der Waals surface area contributed by atoms with E-state index in [0.29, 0.717) is 5.56 Å². The van der Waals surface area contributed by atoms with Gasteiger partial charge in [0.1, 0.15) is 0 Å². The van der Waals surface area contributed by atoms with Gasteiger partial charge in [-0.1, -0.05) is 18.2 Å². The Balaban J connectivity index is 2.18. The molecule has 0 aliphatic rings. The van der Waals surface area contributed by atoms with Crippen LogP contribution in [0.15, 0.2) is 42.6 Å². The molecule has 0 radical (unpaired) electrons. The lowest BCUT2D eigenvalue weighted by molar-refractivity contribution is 0.109. The number of aromatic nitrogens is 2. The summed E-state index contributed by atoms with van der Waals surface area (Å²) in [6, 6.07) is 11.4. The maximum absolute atomic E-state index is 11.4. The summed E-state index contributed by atoms with van der Waals surface area (Å²) in [6.07, 6.45) is 1.70. The van der Waals surface area contributed by atoms with Crippen LogP contribution in [-0.4, -0.2) is 15.1 Å². The van der Waals surface area contributed by atoms with Crippen molar-refractivity contribution in [2.75, 3.05) is 5.73 Å². The van der Waals surface area contributed by atoms with Crippen LogP contribution in [0.2, 0.25) is 0 Å². The van der Waals surface area contributed by atoms with Gasteiger partial charge in [-0.05, 0) is 41.8 Å². The number of rotatable bonds is 2. The van der Waals surface area contributed by atoms with Gasteiger partial charge in [0.05, 0.1) is 5.52 Å². The van der Waals surface area contributed by atoms with Crippen molar-refractivity contribution in [3.8, 4) is 11.1 Å². The maximum Gasteiger partial charge on any atom is 0.220 e. The first-order valence-electron chi connectivity index (χ1n) is 6.41. The van der Waals surface area contributed by atoms with Crippen LogP contribution in [0.5, 0.6) is 0 Å². The van der Waals surface area contributed by atoms with E-state index >= 15 is 0 Å². The van der Waals surface area contributed by atoms with Crippen molar-refractivity contribution in [3.05, 3.63) is 53.7 Å². The topological polar surface area (TPSA) is 68.9 Å². The van der Waals surface area contributed by atoms with Crippen LogP contribution in [0.1, 0.15) is 15.9 Å². The molecule has 21 heavy (non-hydrogen) atoms. The van der Waals surface area contributed by atoms with E-state index in [0.717, 1.165) is 27.6 Å². The zero-order valence-electron chi connectivity index (χ0n) is 11.4. The molecule has 2 aromatic carbocycles. The van der Waals surface area contributed by atoms with Crippen molar-refractivity contribution in [3.63, 3.8) is 0 Å². The highest BCUT2D eigenvalue weighted by atomic mass is 32.1. The van der Waals surface area contributed by atoms with Gasteiger partial charge in [-0.2, -0.15) is 0 Å². The minimum absolute atomic E-state index is 0.242. The van der Waals surface area contributed by atoms with E-state index < -0.39 is 0 Å². The third-order valence-electron chi connectivity index (χ3n) is 3.39. The van der Waals surface area contributed by atoms with E-state index in [1.165, 1.54) is 0 Å². The van der Waals surface area contributed by atoms with E-state index in [4.69, 9.17) is 5.73 Å². The second-order valence-electron chi connectivity index (χ2n) is 4.84. The number of benzene rings is 2. The number of anilines is 1. The van der Waals surface area contributed by atoms with Gasteiger partial charge in [-0.3, -0.25) is 4.79 Å². The van der Waals surface area contributed by atoms with E-state index in [1.807, 2.05) is 37.3 Å². The predicted octanol–water partition coefficient (Wildman–Crippen LogP) is 3.26. The van der Waals surface area contributed by atoms with Gasteiger partial charge in [0.25, 0.3) is 0 Å². The van der Waals surface area contributed by atoms with Gasteiger partial charge in [0.2, 0.25) is 11.1 Å². The Hall–Kier alpha value is -2.40. The van der Waals surface area contributed by atoms with Crippen molar-refractivity contribution in [2.45, 2.75) is 6.92 Å². The standard InChI is InChI=1S/C16H13N3OS/c1-9-2-3-11(15(20)21)7-13(9)10-4-5-14-12(6-10)8-18-16(17)19-14/h2-8H,1H3,(H,20,21)(H2,17,18,19). The highest BCUT2D eigenvalue weighted by molar-refractivity contribution is 7.97. The number of hydrogen-bond donors (Lipinski definition) is 2. The zero-order valence-corrected chi connectivity index (χ0v) is 12.3. The van der Waals surface area contributed by atoms with Crippen molar-refractivity contribution in [1.29, 1.82) is 0 Å². The Morgan fingerprint density at radius 2 is 2.00 bits per heavy atom. The maximum atomic E-state index is 11.4. The van der Waals surface area contributed by atoms with Gasteiger partial charge in [-0.25, -0.2) is 9.97 Å². The summed E-state index contributed by atoms with van der Waals surface area (Å²) in [5, 5.41) is 0.664. The van der Waals surface area contributed by atoms with Crippen molar-refractivity contribution in [1.82, 2.24) is 9.97 Å². The van der Waals surface area contributed by atoms with Crippen LogP contribution in [-0.2, 0) is 0 Å². The van der Waals surface area contributed by atoms with E-state index in [2.05, 4.69) is 22.6 Å². The van der Waals surface area contributed by atoms with Gasteiger partial charge >= 0.3 is 0 Å². The molecule has 0 unspecified atom stereocenters. The zero-order chi connectivity index (χ0) is 15.0. The predicted molar refractivity (Wildman–Crippen MR) is 87.4 cm³/mol. The van der Waals surface area contributed by atoms with Crippen molar-refractivity contribution >= 4 is 34.6 Å². The molecular weight excluding hydrogens is 282 g/mol. The van der Waals surface area contributed by atoms with Crippen molar-refractivity contribution < 1.29 is 4.79 Å².